The number of hydrogen-bond donors (Lipinski definition) is 2. The van der Waals surface area contributed by atoms with E-state index in [0.717, 1.165) is 19.3 Å². The molecular formula is C24H28N2O3S. The monoisotopic (exact) mass is 424 g/mol. The largest absolute Gasteiger partial charge is 0.326 e. The van der Waals surface area contributed by atoms with Crippen molar-refractivity contribution in [1.82, 2.24) is 0 Å². The predicted octanol–water partition coefficient (Wildman–Crippen LogP) is 4.12. The van der Waals surface area contributed by atoms with E-state index in [4.69, 9.17) is 5.14 Å². The van der Waals surface area contributed by atoms with Gasteiger partial charge in [0, 0.05) is 5.69 Å². The highest BCUT2D eigenvalue weighted by Gasteiger charge is 2.60. The summed E-state index contributed by atoms with van der Waals surface area (Å²) < 4.78 is 23.0. The smallest absolute Gasteiger partial charge is 0.238 e. The lowest BCUT2D eigenvalue weighted by molar-refractivity contribution is -0.143. The lowest BCUT2D eigenvalue weighted by Gasteiger charge is -2.61. The molecule has 3 N–H and O–H groups in total. The van der Waals surface area contributed by atoms with E-state index in [9.17, 15) is 13.2 Å². The molecule has 0 heterocycles. The fraction of sp³-hybridized carbons (Fsp3) is 0.458. The number of aryl methyl sites for hydroxylation is 1. The molecule has 0 aliphatic heterocycles. The lowest BCUT2D eigenvalue weighted by Crippen LogP contribution is -2.57. The number of nitrogens with one attached hydrogen (secondary N) is 1. The van der Waals surface area contributed by atoms with Gasteiger partial charge in [0.25, 0.3) is 0 Å². The average Bonchev–Trinajstić information content (AvgIpc) is 2.67. The SMILES string of the molecule is Cc1ccc(C23C[C@@H]4C[C@@H](CC(C(=O)Nc5ccc(S(N)(=O)=O)cc5)(C4)C2)C3)cc1. The Morgan fingerprint density at radius 3 is 2.13 bits per heavy atom. The van der Waals surface area contributed by atoms with Crippen LogP contribution in [0.3, 0.4) is 0 Å². The van der Waals surface area contributed by atoms with Gasteiger partial charge in [0.2, 0.25) is 15.9 Å². The van der Waals surface area contributed by atoms with Crippen molar-refractivity contribution in [2.24, 2.45) is 22.4 Å². The number of carbonyl (C=O) groups is 1. The molecule has 4 aliphatic carbocycles. The summed E-state index contributed by atoms with van der Waals surface area (Å²) >= 11 is 0. The zero-order chi connectivity index (χ0) is 21.1. The number of amides is 1. The molecule has 4 fully saturated rings. The van der Waals surface area contributed by atoms with Crippen molar-refractivity contribution in [2.75, 3.05) is 5.32 Å². The van der Waals surface area contributed by atoms with Crippen LogP contribution in [0.4, 0.5) is 5.69 Å². The minimum absolute atomic E-state index is 0.0497. The van der Waals surface area contributed by atoms with Gasteiger partial charge in [-0.2, -0.15) is 0 Å². The minimum atomic E-state index is -3.74. The number of sulfonamides is 1. The quantitative estimate of drug-likeness (QED) is 0.774. The summed E-state index contributed by atoms with van der Waals surface area (Å²) in [6.45, 7) is 2.11. The zero-order valence-electron chi connectivity index (χ0n) is 17.2. The van der Waals surface area contributed by atoms with Crippen LogP contribution in [0.2, 0.25) is 0 Å². The highest BCUT2D eigenvalue weighted by molar-refractivity contribution is 7.89. The summed E-state index contributed by atoms with van der Waals surface area (Å²) in [5.74, 6) is 1.28. The summed E-state index contributed by atoms with van der Waals surface area (Å²) in [4.78, 5) is 13.6. The molecule has 158 valence electrons. The lowest BCUT2D eigenvalue weighted by atomic mass is 9.42. The van der Waals surface area contributed by atoms with Gasteiger partial charge in [-0.3, -0.25) is 4.79 Å². The van der Waals surface area contributed by atoms with Crippen molar-refractivity contribution >= 4 is 21.6 Å². The third-order valence-electron chi connectivity index (χ3n) is 7.65. The Labute approximate surface area is 178 Å². The Hall–Kier alpha value is -2.18. The Balaban J connectivity index is 1.42. The van der Waals surface area contributed by atoms with Gasteiger partial charge >= 0.3 is 0 Å². The number of rotatable bonds is 4. The highest BCUT2D eigenvalue weighted by Crippen LogP contribution is 2.66. The molecule has 0 saturated heterocycles. The van der Waals surface area contributed by atoms with Crippen LogP contribution >= 0.6 is 0 Å². The molecule has 4 atom stereocenters. The molecule has 0 aromatic heterocycles. The van der Waals surface area contributed by atoms with Gasteiger partial charge in [-0.1, -0.05) is 29.8 Å². The second-order valence-electron chi connectivity index (χ2n) is 9.91. The van der Waals surface area contributed by atoms with Crippen molar-refractivity contribution in [2.45, 2.75) is 55.8 Å². The van der Waals surface area contributed by atoms with E-state index in [1.807, 2.05) is 0 Å². The number of hydrogen-bond acceptors (Lipinski definition) is 3. The molecule has 1 amide bonds. The fourth-order valence-electron chi connectivity index (χ4n) is 6.76. The Morgan fingerprint density at radius 2 is 1.57 bits per heavy atom. The fourth-order valence-corrected chi connectivity index (χ4v) is 7.28. The zero-order valence-corrected chi connectivity index (χ0v) is 18.0. The van der Waals surface area contributed by atoms with Crippen LogP contribution in [-0.4, -0.2) is 14.3 Å². The van der Waals surface area contributed by atoms with Crippen molar-refractivity contribution < 1.29 is 13.2 Å². The van der Waals surface area contributed by atoms with Crippen LogP contribution in [-0.2, 0) is 20.2 Å². The minimum Gasteiger partial charge on any atom is -0.326 e. The van der Waals surface area contributed by atoms with Gasteiger partial charge in [-0.15, -0.1) is 0 Å². The van der Waals surface area contributed by atoms with Crippen LogP contribution in [0.5, 0.6) is 0 Å². The van der Waals surface area contributed by atoms with Gasteiger partial charge < -0.3 is 5.32 Å². The molecule has 5 nitrogen and oxygen atoms in total. The van der Waals surface area contributed by atoms with Crippen molar-refractivity contribution in [3.8, 4) is 0 Å². The van der Waals surface area contributed by atoms with Gasteiger partial charge in [0.15, 0.2) is 0 Å². The average molecular weight is 425 g/mol. The number of benzene rings is 2. The number of carbonyl (C=O) groups excluding carboxylic acids is 1. The van der Waals surface area contributed by atoms with E-state index in [2.05, 4.69) is 36.5 Å². The van der Waals surface area contributed by atoms with Crippen LogP contribution < -0.4 is 10.5 Å². The summed E-state index contributed by atoms with van der Waals surface area (Å²) in [5, 5.41) is 8.26. The summed E-state index contributed by atoms with van der Waals surface area (Å²) in [5.41, 5.74) is 3.03. The number of primary sulfonamides is 1. The maximum atomic E-state index is 13.5. The first-order valence-electron chi connectivity index (χ1n) is 10.7. The maximum absolute atomic E-state index is 13.5. The summed E-state index contributed by atoms with van der Waals surface area (Å²) in [6, 6.07) is 15.0. The maximum Gasteiger partial charge on any atom is 0.238 e. The van der Waals surface area contributed by atoms with Gasteiger partial charge in [0.05, 0.1) is 10.3 Å². The van der Waals surface area contributed by atoms with Gasteiger partial charge in [-0.05, 0) is 92.5 Å². The van der Waals surface area contributed by atoms with E-state index in [0.29, 0.717) is 17.5 Å². The first kappa shape index (κ1) is 19.8. The molecule has 0 spiro atoms. The predicted molar refractivity (Wildman–Crippen MR) is 116 cm³/mol. The molecule has 2 aromatic rings. The molecule has 4 bridgehead atoms. The van der Waals surface area contributed by atoms with E-state index < -0.39 is 10.0 Å². The standard InChI is InChI=1S/C24H28N2O3S/c1-16-2-4-19(5-3-16)23-11-17-10-18(12-23)14-24(13-17,15-23)22(27)26-20-6-8-21(9-7-20)30(25,28)29/h2-9,17-18H,10-15H2,1H3,(H,26,27)(H2,25,28,29)/t17-,18+,23?,24?. The molecule has 4 saturated carbocycles. The Morgan fingerprint density at radius 1 is 0.967 bits per heavy atom. The van der Waals surface area contributed by atoms with Crippen molar-refractivity contribution in [3.63, 3.8) is 0 Å². The highest BCUT2D eigenvalue weighted by atomic mass is 32.2. The Bertz CT molecular complexity index is 1080. The number of anilines is 1. The van der Waals surface area contributed by atoms with Crippen LogP contribution in [0, 0.1) is 24.2 Å². The normalized spacial score (nSPS) is 32.2. The van der Waals surface area contributed by atoms with Crippen LogP contribution in [0.15, 0.2) is 53.4 Å². The van der Waals surface area contributed by atoms with E-state index in [1.165, 1.54) is 42.5 Å². The Kier molecular flexibility index (Phi) is 4.39. The third kappa shape index (κ3) is 3.26. The van der Waals surface area contributed by atoms with Crippen LogP contribution in [0.25, 0.3) is 0 Å². The van der Waals surface area contributed by atoms with E-state index >= 15 is 0 Å². The molecular weight excluding hydrogens is 396 g/mol. The molecule has 2 aromatic carbocycles. The molecule has 4 aliphatic rings. The number of nitrogens with two attached hydrogens (primary N) is 1. The van der Waals surface area contributed by atoms with Crippen molar-refractivity contribution in [1.29, 1.82) is 0 Å². The van der Waals surface area contributed by atoms with Crippen LogP contribution in [0.1, 0.15) is 49.7 Å². The first-order chi connectivity index (χ1) is 14.2. The summed E-state index contributed by atoms with van der Waals surface area (Å²) in [6.07, 6.45) is 6.43. The third-order valence-corrected chi connectivity index (χ3v) is 8.58. The first-order valence-corrected chi connectivity index (χ1v) is 12.2. The van der Waals surface area contributed by atoms with Gasteiger partial charge in [0.1, 0.15) is 0 Å². The van der Waals surface area contributed by atoms with Gasteiger partial charge in [-0.25, -0.2) is 13.6 Å². The summed E-state index contributed by atoms with van der Waals surface area (Å²) in [7, 11) is -3.74. The second-order valence-corrected chi connectivity index (χ2v) is 11.5. The topological polar surface area (TPSA) is 89.3 Å². The van der Waals surface area contributed by atoms with E-state index in [-0.39, 0.29) is 21.6 Å². The molecule has 0 radical (unpaired) electrons. The molecule has 30 heavy (non-hydrogen) atoms. The van der Waals surface area contributed by atoms with Crippen molar-refractivity contribution in [3.05, 3.63) is 59.7 Å². The second kappa shape index (κ2) is 6.66. The molecule has 6 heteroatoms. The molecule has 6 rings (SSSR count). The molecule has 2 unspecified atom stereocenters. The van der Waals surface area contributed by atoms with E-state index in [1.54, 1.807) is 12.1 Å².